The molecule has 0 heterocycles. The third-order valence-electron chi connectivity index (χ3n) is 3.72. The van der Waals surface area contributed by atoms with Crippen molar-refractivity contribution >= 4 is 17.7 Å². The second kappa shape index (κ2) is 9.45. The Labute approximate surface area is 147 Å². The Kier molecular flexibility index (Phi) is 7.28. The molecule has 1 atom stereocenters. The molecule has 1 unspecified atom stereocenters. The summed E-state index contributed by atoms with van der Waals surface area (Å²) in [6, 6.07) is 16.9. The number of rotatable bonds is 8. The number of thioether (sulfide) groups is 1. The average molecular weight is 346 g/mol. The first-order valence-corrected chi connectivity index (χ1v) is 8.92. The molecular weight excluding hydrogens is 323 g/mol. The summed E-state index contributed by atoms with van der Waals surface area (Å²) in [7, 11) is 4.00. The van der Waals surface area contributed by atoms with Gasteiger partial charge in [0, 0.05) is 23.6 Å². The number of likely N-dealkylation sites (N-methyl/N-ethyl adjacent to an activating group) is 1. The molecule has 0 saturated heterocycles. The maximum Gasteiger partial charge on any atom is 0.220 e. The van der Waals surface area contributed by atoms with E-state index in [1.807, 2.05) is 32.3 Å². The molecule has 0 radical (unpaired) electrons. The van der Waals surface area contributed by atoms with Crippen LogP contribution in [0.3, 0.4) is 0 Å². The van der Waals surface area contributed by atoms with Crippen LogP contribution in [0, 0.1) is 5.82 Å². The number of benzene rings is 2. The normalized spacial score (nSPS) is 12.2. The Morgan fingerprint density at radius 2 is 1.79 bits per heavy atom. The second-order valence-corrected chi connectivity index (χ2v) is 6.86. The molecule has 0 spiro atoms. The first-order chi connectivity index (χ1) is 11.6. The van der Waals surface area contributed by atoms with Crippen LogP contribution in [0.15, 0.2) is 59.5 Å². The first kappa shape index (κ1) is 18.5. The Bertz CT molecular complexity index is 649. The highest BCUT2D eigenvalue weighted by Gasteiger charge is 2.14. The van der Waals surface area contributed by atoms with E-state index in [0.717, 1.165) is 0 Å². The summed E-state index contributed by atoms with van der Waals surface area (Å²) in [6.45, 7) is 0.556. The van der Waals surface area contributed by atoms with Crippen LogP contribution in [-0.2, 0) is 4.79 Å². The monoisotopic (exact) mass is 346 g/mol. The summed E-state index contributed by atoms with van der Waals surface area (Å²) in [4.78, 5) is 14.7. The third kappa shape index (κ3) is 5.65. The van der Waals surface area contributed by atoms with Gasteiger partial charge >= 0.3 is 0 Å². The molecule has 3 nitrogen and oxygen atoms in total. The van der Waals surface area contributed by atoms with Crippen molar-refractivity contribution in [2.75, 3.05) is 26.4 Å². The molecule has 0 saturated carbocycles. The van der Waals surface area contributed by atoms with Gasteiger partial charge in [-0.3, -0.25) is 4.79 Å². The Morgan fingerprint density at radius 3 is 2.46 bits per heavy atom. The number of carbonyl (C=O) groups excluding carboxylic acids is 1. The summed E-state index contributed by atoms with van der Waals surface area (Å²) < 4.78 is 13.5. The minimum atomic E-state index is -0.236. The van der Waals surface area contributed by atoms with Crippen molar-refractivity contribution < 1.29 is 9.18 Å². The van der Waals surface area contributed by atoms with E-state index in [1.165, 1.54) is 23.4 Å². The highest BCUT2D eigenvalue weighted by atomic mass is 32.2. The fourth-order valence-electron chi connectivity index (χ4n) is 2.39. The van der Waals surface area contributed by atoms with Crippen LogP contribution in [0.5, 0.6) is 0 Å². The van der Waals surface area contributed by atoms with Gasteiger partial charge in [-0.1, -0.05) is 42.5 Å². The molecule has 0 bridgehead atoms. The lowest BCUT2D eigenvalue weighted by Crippen LogP contribution is -2.34. The van der Waals surface area contributed by atoms with Crippen LogP contribution in [0.4, 0.5) is 4.39 Å². The molecule has 5 heteroatoms. The van der Waals surface area contributed by atoms with Gasteiger partial charge in [-0.15, -0.1) is 11.8 Å². The van der Waals surface area contributed by atoms with Crippen molar-refractivity contribution in [1.29, 1.82) is 0 Å². The number of nitrogens with zero attached hydrogens (tertiary/aromatic N) is 1. The third-order valence-corrected chi connectivity index (χ3v) is 4.77. The number of nitrogens with one attached hydrogen (secondary N) is 1. The summed E-state index contributed by atoms with van der Waals surface area (Å²) >= 11 is 1.37. The van der Waals surface area contributed by atoms with Crippen LogP contribution in [-0.4, -0.2) is 37.2 Å². The molecule has 0 aliphatic heterocycles. The van der Waals surface area contributed by atoms with Gasteiger partial charge in [0.25, 0.3) is 0 Å². The molecule has 0 aromatic heterocycles. The smallest absolute Gasteiger partial charge is 0.220 e. The Morgan fingerprint density at radius 1 is 1.12 bits per heavy atom. The van der Waals surface area contributed by atoms with E-state index in [4.69, 9.17) is 0 Å². The minimum absolute atomic E-state index is 0.0124. The lowest BCUT2D eigenvalue weighted by molar-refractivity contribution is -0.120. The Hall–Kier alpha value is -1.85. The zero-order chi connectivity index (χ0) is 17.4. The van der Waals surface area contributed by atoms with Crippen molar-refractivity contribution in [1.82, 2.24) is 10.2 Å². The Balaban J connectivity index is 1.78. The number of amides is 1. The van der Waals surface area contributed by atoms with Gasteiger partial charge in [-0.2, -0.15) is 0 Å². The van der Waals surface area contributed by atoms with Crippen LogP contribution >= 0.6 is 11.8 Å². The molecule has 1 N–H and O–H groups in total. The van der Waals surface area contributed by atoms with E-state index >= 15 is 0 Å². The second-order valence-electron chi connectivity index (χ2n) is 5.72. The summed E-state index contributed by atoms with van der Waals surface area (Å²) in [5, 5.41) is 2.98. The van der Waals surface area contributed by atoms with E-state index in [9.17, 15) is 9.18 Å². The van der Waals surface area contributed by atoms with Gasteiger partial charge in [0.2, 0.25) is 5.91 Å². The zero-order valence-corrected chi connectivity index (χ0v) is 14.9. The maximum absolute atomic E-state index is 13.5. The lowest BCUT2D eigenvalue weighted by Gasteiger charge is -2.25. The highest BCUT2D eigenvalue weighted by Crippen LogP contribution is 2.22. The van der Waals surface area contributed by atoms with Crippen molar-refractivity contribution in [3.8, 4) is 0 Å². The van der Waals surface area contributed by atoms with Crippen LogP contribution in [0.1, 0.15) is 18.0 Å². The minimum Gasteiger partial charge on any atom is -0.354 e. The largest absolute Gasteiger partial charge is 0.354 e. The molecule has 0 aliphatic carbocycles. The number of hydrogen-bond donors (Lipinski definition) is 1. The van der Waals surface area contributed by atoms with E-state index in [0.29, 0.717) is 23.6 Å². The van der Waals surface area contributed by atoms with Crippen LogP contribution in [0.25, 0.3) is 0 Å². The van der Waals surface area contributed by atoms with Gasteiger partial charge < -0.3 is 10.2 Å². The zero-order valence-electron chi connectivity index (χ0n) is 14.0. The fourth-order valence-corrected chi connectivity index (χ4v) is 3.28. The van der Waals surface area contributed by atoms with E-state index in [2.05, 4.69) is 22.3 Å². The molecular formula is C19H23FN2OS. The quantitative estimate of drug-likeness (QED) is 0.739. The van der Waals surface area contributed by atoms with E-state index in [-0.39, 0.29) is 17.8 Å². The maximum atomic E-state index is 13.5. The van der Waals surface area contributed by atoms with E-state index in [1.54, 1.807) is 18.2 Å². The molecule has 2 aromatic rings. The van der Waals surface area contributed by atoms with Crippen LogP contribution < -0.4 is 5.32 Å². The highest BCUT2D eigenvalue weighted by molar-refractivity contribution is 7.99. The predicted molar refractivity (Wildman–Crippen MR) is 97.6 cm³/mol. The standard InChI is InChI=1S/C19H23FN2OS/c1-22(2)17(15-8-4-3-5-9-15)14-21-19(23)12-13-24-18-11-7-6-10-16(18)20/h3-11,17H,12-14H2,1-2H3,(H,21,23). The molecule has 1 amide bonds. The molecule has 24 heavy (non-hydrogen) atoms. The summed E-state index contributed by atoms with van der Waals surface area (Å²) in [6.07, 6.45) is 0.369. The molecule has 0 aliphatic rings. The molecule has 2 rings (SSSR count). The van der Waals surface area contributed by atoms with Crippen molar-refractivity contribution in [2.45, 2.75) is 17.4 Å². The van der Waals surface area contributed by atoms with Crippen molar-refractivity contribution in [3.63, 3.8) is 0 Å². The summed E-state index contributed by atoms with van der Waals surface area (Å²) in [5.74, 6) is 0.311. The SMILES string of the molecule is CN(C)C(CNC(=O)CCSc1ccccc1F)c1ccccc1. The number of carbonyl (C=O) groups is 1. The predicted octanol–water partition coefficient (Wildman–Crippen LogP) is 3.73. The number of hydrogen-bond acceptors (Lipinski definition) is 3. The van der Waals surface area contributed by atoms with Gasteiger partial charge in [0.05, 0.1) is 6.04 Å². The van der Waals surface area contributed by atoms with Crippen molar-refractivity contribution in [2.24, 2.45) is 0 Å². The average Bonchev–Trinajstić information content (AvgIpc) is 2.57. The number of halogens is 1. The van der Waals surface area contributed by atoms with Gasteiger partial charge in [-0.25, -0.2) is 4.39 Å². The fraction of sp³-hybridized carbons (Fsp3) is 0.316. The van der Waals surface area contributed by atoms with Gasteiger partial charge in [0.1, 0.15) is 5.82 Å². The lowest BCUT2D eigenvalue weighted by atomic mass is 10.1. The molecule has 0 fully saturated rings. The summed E-state index contributed by atoms with van der Waals surface area (Å²) in [5.41, 5.74) is 1.17. The van der Waals surface area contributed by atoms with Crippen LogP contribution in [0.2, 0.25) is 0 Å². The first-order valence-electron chi connectivity index (χ1n) is 7.93. The topological polar surface area (TPSA) is 32.3 Å². The van der Waals surface area contributed by atoms with E-state index < -0.39 is 0 Å². The van der Waals surface area contributed by atoms with Gasteiger partial charge in [0.15, 0.2) is 0 Å². The van der Waals surface area contributed by atoms with Gasteiger partial charge in [-0.05, 0) is 31.8 Å². The molecule has 2 aromatic carbocycles. The molecule has 128 valence electrons. The van der Waals surface area contributed by atoms with Crippen molar-refractivity contribution in [3.05, 3.63) is 66.0 Å².